The number of esters is 3. The molecule has 0 fully saturated rings. The summed E-state index contributed by atoms with van der Waals surface area (Å²) in [5.41, 5.74) is 0. The molecule has 1 unspecified atom stereocenters. The zero-order valence-electron chi connectivity index (χ0n) is 42.9. The van der Waals surface area contributed by atoms with Crippen LogP contribution in [0.2, 0.25) is 0 Å². The monoisotopic (exact) mass is 917 g/mol. The van der Waals surface area contributed by atoms with Gasteiger partial charge in [0.15, 0.2) is 6.10 Å². The quantitative estimate of drug-likeness (QED) is 0.0262. The minimum atomic E-state index is -0.806. The van der Waals surface area contributed by atoms with Crippen LogP contribution in [-0.2, 0) is 28.6 Å². The summed E-state index contributed by atoms with van der Waals surface area (Å²) in [6.45, 7) is 6.40. The second-order valence-corrected chi connectivity index (χ2v) is 17.7. The number of hydrogen-bond acceptors (Lipinski definition) is 6. The van der Waals surface area contributed by atoms with Gasteiger partial charge in [-0.2, -0.15) is 0 Å². The normalized spacial score (nSPS) is 12.8. The lowest BCUT2D eigenvalue weighted by Gasteiger charge is -2.18. The maximum absolute atomic E-state index is 12.8. The van der Waals surface area contributed by atoms with E-state index in [1.165, 1.54) is 83.5 Å². The first-order chi connectivity index (χ1) is 32.5. The summed E-state index contributed by atoms with van der Waals surface area (Å²) in [7, 11) is 0. The van der Waals surface area contributed by atoms with Gasteiger partial charge in [0.25, 0.3) is 0 Å². The van der Waals surface area contributed by atoms with Crippen LogP contribution in [0.15, 0.2) is 97.2 Å². The summed E-state index contributed by atoms with van der Waals surface area (Å²) in [5, 5.41) is 0. The lowest BCUT2D eigenvalue weighted by molar-refractivity contribution is -0.167. The highest BCUT2D eigenvalue weighted by Gasteiger charge is 2.19. The van der Waals surface area contributed by atoms with Crippen LogP contribution in [0.1, 0.15) is 245 Å². The van der Waals surface area contributed by atoms with Crippen molar-refractivity contribution in [3.8, 4) is 0 Å². The third-order valence-electron chi connectivity index (χ3n) is 11.3. The Labute approximate surface area is 407 Å². The molecule has 0 heterocycles. The van der Waals surface area contributed by atoms with Crippen molar-refractivity contribution in [2.75, 3.05) is 13.2 Å². The minimum absolute atomic E-state index is 0.102. The number of carbonyl (C=O) groups is 3. The van der Waals surface area contributed by atoms with Gasteiger partial charge in [0.05, 0.1) is 0 Å². The number of carbonyl (C=O) groups excluding carboxylic acids is 3. The van der Waals surface area contributed by atoms with Crippen LogP contribution in [0.5, 0.6) is 0 Å². The van der Waals surface area contributed by atoms with Gasteiger partial charge < -0.3 is 14.2 Å². The van der Waals surface area contributed by atoms with Crippen LogP contribution >= 0.6 is 0 Å². The Balaban J connectivity index is 4.36. The molecule has 376 valence electrons. The molecule has 0 aromatic heterocycles. The van der Waals surface area contributed by atoms with E-state index in [1.807, 2.05) is 0 Å². The first-order valence-corrected chi connectivity index (χ1v) is 27.2. The average molecular weight is 917 g/mol. The Hall–Kier alpha value is -3.67. The number of unbranched alkanes of at least 4 members (excludes halogenated alkanes) is 21. The second-order valence-electron chi connectivity index (χ2n) is 17.7. The van der Waals surface area contributed by atoms with Crippen molar-refractivity contribution in [1.29, 1.82) is 0 Å². The molecular formula is C60H100O6. The Morgan fingerprint density at radius 1 is 0.318 bits per heavy atom. The van der Waals surface area contributed by atoms with Gasteiger partial charge in [0.2, 0.25) is 0 Å². The predicted octanol–water partition coefficient (Wildman–Crippen LogP) is 18.1. The van der Waals surface area contributed by atoms with E-state index < -0.39 is 6.10 Å². The van der Waals surface area contributed by atoms with Crippen molar-refractivity contribution in [1.82, 2.24) is 0 Å². The highest BCUT2D eigenvalue weighted by atomic mass is 16.6. The van der Waals surface area contributed by atoms with Crippen LogP contribution in [-0.4, -0.2) is 37.2 Å². The van der Waals surface area contributed by atoms with E-state index in [0.717, 1.165) is 116 Å². The minimum Gasteiger partial charge on any atom is -0.462 e. The van der Waals surface area contributed by atoms with Gasteiger partial charge in [-0.25, -0.2) is 0 Å². The van der Waals surface area contributed by atoms with Gasteiger partial charge in [0, 0.05) is 19.3 Å². The number of rotatable bonds is 48. The van der Waals surface area contributed by atoms with Crippen molar-refractivity contribution in [3.63, 3.8) is 0 Å². The molecule has 0 N–H and O–H groups in total. The molecule has 0 rings (SSSR count). The zero-order chi connectivity index (χ0) is 47.9. The van der Waals surface area contributed by atoms with Gasteiger partial charge in [-0.05, 0) is 116 Å². The van der Waals surface area contributed by atoms with Gasteiger partial charge in [-0.1, -0.05) is 208 Å². The molecule has 0 radical (unpaired) electrons. The molecule has 0 saturated carbocycles. The van der Waals surface area contributed by atoms with E-state index in [2.05, 4.69) is 118 Å². The van der Waals surface area contributed by atoms with Gasteiger partial charge >= 0.3 is 17.9 Å². The summed E-state index contributed by atoms with van der Waals surface area (Å²) in [5.74, 6) is -0.964. The number of ether oxygens (including phenoxy) is 3. The fourth-order valence-corrected chi connectivity index (χ4v) is 7.21. The Kier molecular flexibility index (Phi) is 50.9. The first-order valence-electron chi connectivity index (χ1n) is 27.2. The third-order valence-corrected chi connectivity index (χ3v) is 11.3. The van der Waals surface area contributed by atoms with Crippen molar-refractivity contribution in [2.45, 2.75) is 252 Å². The Bertz CT molecular complexity index is 1330. The molecule has 0 aliphatic heterocycles. The van der Waals surface area contributed by atoms with Crippen molar-refractivity contribution < 1.29 is 28.6 Å². The number of allylic oxidation sites excluding steroid dienone is 16. The van der Waals surface area contributed by atoms with E-state index >= 15 is 0 Å². The number of hydrogen-bond donors (Lipinski definition) is 0. The van der Waals surface area contributed by atoms with E-state index in [9.17, 15) is 14.4 Å². The summed E-state index contributed by atoms with van der Waals surface area (Å²) in [6.07, 6.45) is 71.2. The van der Waals surface area contributed by atoms with Crippen molar-refractivity contribution in [3.05, 3.63) is 97.2 Å². The highest BCUT2D eigenvalue weighted by Crippen LogP contribution is 2.14. The van der Waals surface area contributed by atoms with E-state index in [0.29, 0.717) is 19.3 Å². The predicted molar refractivity (Wildman–Crippen MR) is 284 cm³/mol. The molecule has 6 heteroatoms. The average Bonchev–Trinajstić information content (AvgIpc) is 3.31. The van der Waals surface area contributed by atoms with Crippen LogP contribution in [0, 0.1) is 0 Å². The van der Waals surface area contributed by atoms with E-state index in [4.69, 9.17) is 14.2 Å². The topological polar surface area (TPSA) is 78.9 Å². The molecule has 0 spiro atoms. The molecule has 6 nitrogen and oxygen atoms in total. The molecule has 0 aromatic carbocycles. The standard InChI is InChI=1S/C60H100O6/c1-4-7-10-13-16-19-22-24-26-27-28-29-30-31-32-33-35-36-38-41-44-47-50-53-59(62)65-56-57(55-64-58(61)52-49-46-43-40-21-18-15-12-9-6-3)66-60(63)54-51-48-45-42-39-37-34-25-23-20-17-14-11-8-5-2/h8,11-12,15,17,20,22,24-25,27-28,30-31,34,39,42,57H,4-7,9-10,13-14,16,18-19,21,23,26,29,32-33,35-38,40-41,43-56H2,1-3H3/b11-8-,15-12-,20-17-,24-22-,28-27-,31-30-,34-25-,42-39-. The third kappa shape index (κ3) is 51.3. The zero-order valence-corrected chi connectivity index (χ0v) is 42.9. The van der Waals surface area contributed by atoms with Crippen LogP contribution in [0.3, 0.4) is 0 Å². The Morgan fingerprint density at radius 3 is 1.03 bits per heavy atom. The lowest BCUT2D eigenvalue weighted by Crippen LogP contribution is -2.30. The molecule has 0 amide bonds. The summed E-state index contributed by atoms with van der Waals surface area (Å²) in [6, 6.07) is 0. The maximum Gasteiger partial charge on any atom is 0.306 e. The molecule has 1 atom stereocenters. The van der Waals surface area contributed by atoms with Crippen LogP contribution < -0.4 is 0 Å². The van der Waals surface area contributed by atoms with Gasteiger partial charge in [-0.15, -0.1) is 0 Å². The lowest BCUT2D eigenvalue weighted by atomic mass is 10.1. The molecule has 0 aromatic rings. The van der Waals surface area contributed by atoms with Gasteiger partial charge in [0.1, 0.15) is 13.2 Å². The molecule has 0 bridgehead atoms. The van der Waals surface area contributed by atoms with Gasteiger partial charge in [-0.3, -0.25) is 14.4 Å². The molecule has 0 aliphatic carbocycles. The largest absolute Gasteiger partial charge is 0.462 e. The van der Waals surface area contributed by atoms with Crippen molar-refractivity contribution in [2.24, 2.45) is 0 Å². The second kappa shape index (κ2) is 53.9. The summed E-state index contributed by atoms with van der Waals surface area (Å²) < 4.78 is 16.7. The van der Waals surface area contributed by atoms with E-state index in [1.54, 1.807) is 0 Å². The summed E-state index contributed by atoms with van der Waals surface area (Å²) in [4.78, 5) is 38.0. The van der Waals surface area contributed by atoms with Crippen LogP contribution in [0.4, 0.5) is 0 Å². The smallest absolute Gasteiger partial charge is 0.306 e. The van der Waals surface area contributed by atoms with Crippen molar-refractivity contribution >= 4 is 17.9 Å². The highest BCUT2D eigenvalue weighted by molar-refractivity contribution is 5.71. The molecule has 0 aliphatic rings. The van der Waals surface area contributed by atoms with E-state index in [-0.39, 0.29) is 37.5 Å². The maximum atomic E-state index is 12.8. The SMILES string of the molecule is CC/C=C\C/C=C\C/C=C\C/C=C\CCCCC(=O)OC(COC(=O)CCCCCCC/C=C\CCC)COC(=O)CCCCCCCCCC/C=C\C/C=C\C/C=C\CCCCCCC. The fraction of sp³-hybridized carbons (Fsp3) is 0.683. The molecule has 66 heavy (non-hydrogen) atoms. The molecule has 0 saturated heterocycles. The fourth-order valence-electron chi connectivity index (χ4n) is 7.21. The first kappa shape index (κ1) is 62.3. The van der Waals surface area contributed by atoms with Crippen LogP contribution in [0.25, 0.3) is 0 Å². The Morgan fingerprint density at radius 2 is 0.621 bits per heavy atom. The summed E-state index contributed by atoms with van der Waals surface area (Å²) >= 11 is 0. The molecular weight excluding hydrogens is 817 g/mol.